The molecule has 3 atom stereocenters. The van der Waals surface area contributed by atoms with Crippen LogP contribution in [0, 0.1) is 5.92 Å². The molecular formula is C27H34Cl2N2O4. The molecule has 1 fully saturated rings. The third-order valence-electron chi connectivity index (χ3n) is 6.71. The molecule has 0 saturated heterocycles. The summed E-state index contributed by atoms with van der Waals surface area (Å²) >= 11 is 12.1. The van der Waals surface area contributed by atoms with Gasteiger partial charge in [-0.3, -0.25) is 9.59 Å². The van der Waals surface area contributed by atoms with Gasteiger partial charge in [-0.05, 0) is 60.6 Å². The summed E-state index contributed by atoms with van der Waals surface area (Å²) in [5, 5.41) is 3.79. The Hall–Kier alpha value is -2.44. The number of amides is 2. The van der Waals surface area contributed by atoms with E-state index in [0.29, 0.717) is 41.0 Å². The van der Waals surface area contributed by atoms with Crippen LogP contribution in [0.5, 0.6) is 11.5 Å². The van der Waals surface area contributed by atoms with Crippen molar-refractivity contribution in [3.05, 3.63) is 58.6 Å². The van der Waals surface area contributed by atoms with E-state index in [1.807, 2.05) is 18.2 Å². The van der Waals surface area contributed by atoms with Gasteiger partial charge < -0.3 is 19.7 Å². The lowest BCUT2D eigenvalue weighted by Gasteiger charge is -2.35. The summed E-state index contributed by atoms with van der Waals surface area (Å²) in [7, 11) is 3.17. The Morgan fingerprint density at radius 1 is 1.06 bits per heavy atom. The van der Waals surface area contributed by atoms with Crippen LogP contribution in [0.3, 0.4) is 0 Å². The van der Waals surface area contributed by atoms with E-state index in [0.717, 1.165) is 24.8 Å². The first-order chi connectivity index (χ1) is 16.9. The van der Waals surface area contributed by atoms with Gasteiger partial charge in [0.2, 0.25) is 11.8 Å². The minimum atomic E-state index is -0.812. The van der Waals surface area contributed by atoms with Gasteiger partial charge in [0.15, 0.2) is 11.5 Å². The van der Waals surface area contributed by atoms with E-state index in [-0.39, 0.29) is 23.7 Å². The topological polar surface area (TPSA) is 67.9 Å². The van der Waals surface area contributed by atoms with E-state index >= 15 is 0 Å². The molecule has 1 saturated carbocycles. The maximum Gasteiger partial charge on any atom is 0.247 e. The lowest BCUT2D eigenvalue weighted by Crippen LogP contribution is -2.49. The summed E-state index contributed by atoms with van der Waals surface area (Å²) in [6, 6.07) is 12.0. The zero-order valence-electron chi connectivity index (χ0n) is 20.6. The van der Waals surface area contributed by atoms with Crippen LogP contribution < -0.4 is 14.8 Å². The average molecular weight is 521 g/mol. The van der Waals surface area contributed by atoms with Crippen molar-refractivity contribution in [2.45, 2.75) is 51.1 Å². The van der Waals surface area contributed by atoms with Gasteiger partial charge in [-0.15, -0.1) is 11.6 Å². The second-order valence-electron chi connectivity index (χ2n) is 8.99. The molecule has 0 unspecified atom stereocenters. The molecule has 1 N–H and O–H groups in total. The number of hydrogen-bond donors (Lipinski definition) is 1. The largest absolute Gasteiger partial charge is 0.493 e. The summed E-state index contributed by atoms with van der Waals surface area (Å²) in [6.07, 6.45) is 4.80. The van der Waals surface area contributed by atoms with Gasteiger partial charge in [0.05, 0.1) is 14.2 Å². The molecule has 8 heteroatoms. The van der Waals surface area contributed by atoms with Gasteiger partial charge in [-0.2, -0.15) is 0 Å². The molecular weight excluding hydrogens is 487 g/mol. The summed E-state index contributed by atoms with van der Waals surface area (Å²) in [5.41, 5.74) is 1.65. The van der Waals surface area contributed by atoms with E-state index in [1.165, 1.54) is 6.42 Å². The molecule has 3 rings (SSSR count). The molecule has 2 aromatic rings. The zero-order valence-corrected chi connectivity index (χ0v) is 22.1. The average Bonchev–Trinajstić information content (AvgIpc) is 2.87. The zero-order chi connectivity index (χ0) is 25.4. The molecule has 0 spiro atoms. The van der Waals surface area contributed by atoms with Gasteiger partial charge in [0.1, 0.15) is 11.9 Å². The van der Waals surface area contributed by atoms with Gasteiger partial charge in [-0.1, -0.05) is 49.6 Å². The van der Waals surface area contributed by atoms with Gasteiger partial charge in [0, 0.05) is 17.6 Å². The Balaban J connectivity index is 1.89. The van der Waals surface area contributed by atoms with Crippen molar-refractivity contribution in [1.29, 1.82) is 0 Å². The molecule has 0 aromatic heterocycles. The van der Waals surface area contributed by atoms with E-state index in [4.69, 9.17) is 32.7 Å². The number of benzene rings is 2. The van der Waals surface area contributed by atoms with Crippen LogP contribution in [0.1, 0.15) is 49.8 Å². The number of ether oxygens (including phenoxy) is 2. The van der Waals surface area contributed by atoms with Crippen molar-refractivity contribution in [3.8, 4) is 11.5 Å². The summed E-state index contributed by atoms with van der Waals surface area (Å²) in [6.45, 7) is 2.47. The molecule has 0 bridgehead atoms. The molecule has 2 aromatic carbocycles. The number of alkyl halides is 1. The minimum Gasteiger partial charge on any atom is -0.493 e. The Morgan fingerprint density at radius 3 is 2.37 bits per heavy atom. The SMILES string of the molecule is COc1ccc(CCN(C(=O)CCl)[C@H](C(=O)N[C@H]2CCCC[C@H]2C)c2ccc(Cl)cc2)cc1OC. The van der Waals surface area contributed by atoms with E-state index in [9.17, 15) is 9.59 Å². The second kappa shape index (κ2) is 13.0. The fraction of sp³-hybridized carbons (Fsp3) is 0.481. The van der Waals surface area contributed by atoms with Crippen molar-refractivity contribution < 1.29 is 19.1 Å². The number of nitrogens with zero attached hydrogens (tertiary/aromatic N) is 1. The predicted octanol–water partition coefficient (Wildman–Crippen LogP) is 5.40. The van der Waals surface area contributed by atoms with Gasteiger partial charge >= 0.3 is 0 Å². The summed E-state index contributed by atoms with van der Waals surface area (Å²) in [4.78, 5) is 28.3. The lowest BCUT2D eigenvalue weighted by molar-refractivity contribution is -0.139. The van der Waals surface area contributed by atoms with Gasteiger partial charge in [0.25, 0.3) is 0 Å². The first kappa shape index (κ1) is 27.2. The van der Waals surface area contributed by atoms with Crippen molar-refractivity contribution in [2.75, 3.05) is 26.6 Å². The third-order valence-corrected chi connectivity index (χ3v) is 7.19. The highest BCUT2D eigenvalue weighted by Gasteiger charge is 2.33. The number of nitrogens with one attached hydrogen (secondary N) is 1. The first-order valence-electron chi connectivity index (χ1n) is 12.0. The van der Waals surface area contributed by atoms with Crippen LogP contribution >= 0.6 is 23.2 Å². The molecule has 6 nitrogen and oxygen atoms in total. The summed E-state index contributed by atoms with van der Waals surface area (Å²) < 4.78 is 10.7. The highest BCUT2D eigenvalue weighted by molar-refractivity contribution is 6.30. The predicted molar refractivity (Wildman–Crippen MR) is 139 cm³/mol. The number of methoxy groups -OCH3 is 2. The van der Waals surface area contributed by atoms with Crippen molar-refractivity contribution in [3.63, 3.8) is 0 Å². The number of carbonyl (C=O) groups is 2. The molecule has 2 amide bonds. The normalized spacial score (nSPS) is 18.4. The third kappa shape index (κ3) is 7.05. The van der Waals surface area contributed by atoms with Gasteiger partial charge in [-0.25, -0.2) is 0 Å². The highest BCUT2D eigenvalue weighted by Crippen LogP contribution is 2.30. The quantitative estimate of drug-likeness (QED) is 0.425. The Labute approximate surface area is 217 Å². The molecule has 1 aliphatic rings. The van der Waals surface area contributed by atoms with Crippen LogP contribution in [0.4, 0.5) is 0 Å². The standard InChI is InChI=1S/C27H34Cl2N2O4/c1-18-6-4-5-7-22(18)30-27(33)26(20-9-11-21(29)12-10-20)31(25(32)17-28)15-14-19-8-13-23(34-2)24(16-19)35-3/h8-13,16,18,22,26H,4-7,14-15,17H2,1-3H3,(H,30,33)/t18-,22+,26+/m1/s1. The monoisotopic (exact) mass is 520 g/mol. The Bertz CT molecular complexity index is 999. The molecule has 35 heavy (non-hydrogen) atoms. The van der Waals surface area contributed by atoms with Crippen LogP contribution in [0.15, 0.2) is 42.5 Å². The van der Waals surface area contributed by atoms with Crippen LogP contribution in [0.25, 0.3) is 0 Å². The van der Waals surface area contributed by atoms with Crippen LogP contribution in [0.2, 0.25) is 5.02 Å². The molecule has 190 valence electrons. The second-order valence-corrected chi connectivity index (χ2v) is 9.69. The number of rotatable bonds is 10. The number of halogens is 2. The minimum absolute atomic E-state index is 0.0878. The summed E-state index contributed by atoms with van der Waals surface area (Å²) in [5.74, 6) is 0.908. The highest BCUT2D eigenvalue weighted by atomic mass is 35.5. The van der Waals surface area contributed by atoms with E-state index in [1.54, 1.807) is 43.4 Å². The van der Waals surface area contributed by atoms with Crippen molar-refractivity contribution in [1.82, 2.24) is 10.2 Å². The first-order valence-corrected chi connectivity index (χ1v) is 12.9. The molecule has 0 heterocycles. The van der Waals surface area contributed by atoms with Crippen LogP contribution in [-0.4, -0.2) is 49.4 Å². The number of hydrogen-bond acceptors (Lipinski definition) is 4. The lowest BCUT2D eigenvalue weighted by atomic mass is 9.85. The Morgan fingerprint density at radius 2 is 1.74 bits per heavy atom. The van der Waals surface area contributed by atoms with Crippen molar-refractivity contribution >= 4 is 35.0 Å². The van der Waals surface area contributed by atoms with E-state index in [2.05, 4.69) is 12.2 Å². The molecule has 1 aliphatic carbocycles. The maximum atomic E-state index is 13.7. The van der Waals surface area contributed by atoms with E-state index < -0.39 is 6.04 Å². The fourth-order valence-corrected chi connectivity index (χ4v) is 4.95. The molecule has 0 aliphatic heterocycles. The maximum absolute atomic E-state index is 13.7. The Kier molecular flexibility index (Phi) is 10.1. The van der Waals surface area contributed by atoms with Crippen molar-refractivity contribution in [2.24, 2.45) is 5.92 Å². The fourth-order valence-electron chi connectivity index (χ4n) is 4.67. The van der Waals surface area contributed by atoms with Crippen LogP contribution in [-0.2, 0) is 16.0 Å². The number of carbonyl (C=O) groups excluding carboxylic acids is 2. The smallest absolute Gasteiger partial charge is 0.247 e. The molecule has 0 radical (unpaired) electrons.